The van der Waals surface area contributed by atoms with E-state index < -0.39 is 0 Å². The standard InChI is InChI=1S/C12H22N4S/c1-11-8-15(3)6-7-16(9-11)12(14-10-17)4-5-13-2/h4-5,11,17H,2,6-10H2,1,3H3/b5-4-,14-12?. The van der Waals surface area contributed by atoms with Crippen LogP contribution in [0.3, 0.4) is 0 Å². The number of aliphatic imine (C=N–C) groups is 2. The zero-order valence-corrected chi connectivity index (χ0v) is 11.6. The molecule has 1 unspecified atom stereocenters. The number of nitrogens with zero attached hydrogens (tertiary/aromatic N) is 4. The topological polar surface area (TPSA) is 31.2 Å². The van der Waals surface area contributed by atoms with Gasteiger partial charge >= 0.3 is 0 Å². The fraction of sp³-hybridized carbons (Fsp3) is 0.667. The first-order chi connectivity index (χ1) is 8.17. The number of amidine groups is 1. The van der Waals surface area contributed by atoms with Crippen LogP contribution in [-0.2, 0) is 0 Å². The van der Waals surface area contributed by atoms with E-state index in [-0.39, 0.29) is 0 Å². The number of thiol groups is 1. The van der Waals surface area contributed by atoms with Gasteiger partial charge in [-0.1, -0.05) is 6.92 Å². The summed E-state index contributed by atoms with van der Waals surface area (Å²) in [4.78, 5) is 12.8. The molecular weight excluding hydrogens is 232 g/mol. The van der Waals surface area contributed by atoms with Crippen LogP contribution in [0.25, 0.3) is 0 Å². The fourth-order valence-electron chi connectivity index (χ4n) is 2.10. The van der Waals surface area contributed by atoms with Crippen LogP contribution in [-0.4, -0.2) is 61.5 Å². The molecule has 0 N–H and O–H groups in total. The minimum Gasteiger partial charge on any atom is -0.355 e. The Bertz CT molecular complexity index is 301. The maximum absolute atomic E-state index is 4.40. The average molecular weight is 254 g/mol. The highest BCUT2D eigenvalue weighted by Gasteiger charge is 2.18. The lowest BCUT2D eigenvalue weighted by Gasteiger charge is -2.24. The Kier molecular flexibility index (Phi) is 6.29. The number of hydrogen-bond acceptors (Lipinski definition) is 4. The van der Waals surface area contributed by atoms with Crippen LogP contribution in [0, 0.1) is 5.92 Å². The van der Waals surface area contributed by atoms with E-state index in [0.29, 0.717) is 11.8 Å². The summed E-state index contributed by atoms with van der Waals surface area (Å²) in [5.41, 5.74) is 0. The summed E-state index contributed by atoms with van der Waals surface area (Å²) >= 11 is 4.16. The monoisotopic (exact) mass is 254 g/mol. The third-order valence-electron chi connectivity index (χ3n) is 2.79. The number of likely N-dealkylation sites (N-methyl/N-ethyl adjacent to an activating group) is 1. The third kappa shape index (κ3) is 4.91. The maximum atomic E-state index is 4.40. The van der Waals surface area contributed by atoms with Crippen molar-refractivity contribution in [3.8, 4) is 0 Å². The quantitative estimate of drug-likeness (QED) is 0.468. The predicted molar refractivity (Wildman–Crippen MR) is 78.2 cm³/mol. The minimum atomic E-state index is 0.498. The molecule has 0 radical (unpaired) electrons. The van der Waals surface area contributed by atoms with Gasteiger partial charge in [-0.05, 0) is 25.8 Å². The highest BCUT2D eigenvalue weighted by Crippen LogP contribution is 2.09. The van der Waals surface area contributed by atoms with E-state index >= 15 is 0 Å². The van der Waals surface area contributed by atoms with Crippen LogP contribution in [0.15, 0.2) is 22.3 Å². The summed E-state index contributed by atoms with van der Waals surface area (Å²) in [5, 5.41) is 0. The molecule has 0 saturated carbocycles. The van der Waals surface area contributed by atoms with Crippen LogP contribution in [0.4, 0.5) is 0 Å². The predicted octanol–water partition coefficient (Wildman–Crippen LogP) is 1.37. The van der Waals surface area contributed by atoms with Crippen LogP contribution in [0.1, 0.15) is 6.92 Å². The Morgan fingerprint density at radius 3 is 2.88 bits per heavy atom. The van der Waals surface area contributed by atoms with Crippen LogP contribution < -0.4 is 0 Å². The van der Waals surface area contributed by atoms with Gasteiger partial charge in [-0.2, -0.15) is 12.6 Å². The third-order valence-corrected chi connectivity index (χ3v) is 2.93. The normalized spacial score (nSPS) is 24.1. The van der Waals surface area contributed by atoms with Crippen LogP contribution in [0.2, 0.25) is 0 Å². The van der Waals surface area contributed by atoms with Crippen molar-refractivity contribution in [2.45, 2.75) is 6.92 Å². The van der Waals surface area contributed by atoms with Crippen LogP contribution in [0.5, 0.6) is 0 Å². The van der Waals surface area contributed by atoms with E-state index in [1.165, 1.54) is 0 Å². The second-order valence-corrected chi connectivity index (χ2v) is 4.75. The molecule has 1 fully saturated rings. The molecule has 1 heterocycles. The molecule has 1 aliphatic heterocycles. The Labute approximate surface area is 110 Å². The molecule has 0 aliphatic carbocycles. The van der Waals surface area contributed by atoms with Crippen molar-refractivity contribution in [2.75, 3.05) is 39.1 Å². The Morgan fingerprint density at radius 2 is 2.24 bits per heavy atom. The van der Waals surface area contributed by atoms with Crippen LogP contribution >= 0.6 is 12.6 Å². The van der Waals surface area contributed by atoms with E-state index in [1.54, 1.807) is 6.20 Å². The molecule has 0 bridgehead atoms. The molecule has 0 aromatic rings. The summed E-state index contributed by atoms with van der Waals surface area (Å²) in [6.07, 6.45) is 3.59. The second kappa shape index (κ2) is 7.50. The molecule has 1 rings (SSSR count). The average Bonchev–Trinajstić information content (AvgIpc) is 2.45. The highest BCUT2D eigenvalue weighted by atomic mass is 32.1. The first-order valence-corrected chi connectivity index (χ1v) is 6.51. The smallest absolute Gasteiger partial charge is 0.125 e. The molecule has 4 nitrogen and oxygen atoms in total. The Balaban J connectivity index is 2.75. The van der Waals surface area contributed by atoms with E-state index in [0.717, 1.165) is 32.0 Å². The molecule has 0 spiro atoms. The molecule has 1 saturated heterocycles. The van der Waals surface area contributed by atoms with Gasteiger partial charge in [0, 0.05) is 32.4 Å². The summed E-state index contributed by atoms with van der Waals surface area (Å²) in [5.74, 6) is 2.09. The van der Waals surface area contributed by atoms with E-state index in [4.69, 9.17) is 0 Å². The summed E-state index contributed by atoms with van der Waals surface area (Å²) in [7, 11) is 2.16. The summed E-state index contributed by atoms with van der Waals surface area (Å²) < 4.78 is 0. The van der Waals surface area contributed by atoms with Gasteiger partial charge < -0.3 is 9.80 Å². The van der Waals surface area contributed by atoms with Gasteiger partial charge in [0.05, 0.1) is 5.88 Å². The van der Waals surface area contributed by atoms with Gasteiger partial charge in [0.2, 0.25) is 0 Å². The number of rotatable bonds is 3. The molecule has 17 heavy (non-hydrogen) atoms. The molecule has 1 atom stereocenters. The van der Waals surface area contributed by atoms with Gasteiger partial charge in [0.25, 0.3) is 0 Å². The van der Waals surface area contributed by atoms with Crippen molar-refractivity contribution in [3.05, 3.63) is 12.3 Å². The number of hydrogen-bond donors (Lipinski definition) is 1. The SMILES string of the molecule is C=N/C=C\C(=NCS)N1CCN(C)CC(C)C1. The van der Waals surface area contributed by atoms with Crippen molar-refractivity contribution in [1.29, 1.82) is 0 Å². The van der Waals surface area contributed by atoms with Gasteiger partial charge in [0.15, 0.2) is 0 Å². The van der Waals surface area contributed by atoms with Crippen molar-refractivity contribution in [2.24, 2.45) is 15.9 Å². The van der Waals surface area contributed by atoms with Gasteiger partial charge in [-0.25, -0.2) is 0 Å². The van der Waals surface area contributed by atoms with Gasteiger partial charge in [-0.15, -0.1) is 0 Å². The Hall–Kier alpha value is -0.810. The van der Waals surface area contributed by atoms with Crippen molar-refractivity contribution >= 4 is 25.2 Å². The van der Waals surface area contributed by atoms with Gasteiger partial charge in [-0.3, -0.25) is 9.98 Å². The molecular formula is C12H22N4S. The van der Waals surface area contributed by atoms with Crippen molar-refractivity contribution in [3.63, 3.8) is 0 Å². The first-order valence-electron chi connectivity index (χ1n) is 5.88. The molecule has 0 aromatic heterocycles. The van der Waals surface area contributed by atoms with Crippen molar-refractivity contribution in [1.82, 2.24) is 9.80 Å². The van der Waals surface area contributed by atoms with E-state index in [2.05, 4.69) is 53.1 Å². The minimum absolute atomic E-state index is 0.498. The Morgan fingerprint density at radius 1 is 1.47 bits per heavy atom. The van der Waals surface area contributed by atoms with E-state index in [1.807, 2.05) is 6.08 Å². The zero-order valence-electron chi connectivity index (χ0n) is 10.7. The molecule has 1 aliphatic rings. The zero-order chi connectivity index (χ0) is 12.7. The molecule has 96 valence electrons. The lowest BCUT2D eigenvalue weighted by molar-refractivity contribution is 0.321. The lowest BCUT2D eigenvalue weighted by Crippen LogP contribution is -2.34. The molecule has 0 aromatic carbocycles. The molecule has 0 amide bonds. The highest BCUT2D eigenvalue weighted by molar-refractivity contribution is 7.80. The summed E-state index contributed by atoms with van der Waals surface area (Å²) in [6, 6.07) is 0. The fourth-order valence-corrected chi connectivity index (χ4v) is 2.24. The first kappa shape index (κ1) is 14.3. The largest absolute Gasteiger partial charge is 0.355 e. The molecule has 5 heteroatoms. The maximum Gasteiger partial charge on any atom is 0.125 e. The van der Waals surface area contributed by atoms with E-state index in [9.17, 15) is 0 Å². The second-order valence-electron chi connectivity index (χ2n) is 4.47. The lowest BCUT2D eigenvalue weighted by atomic mass is 10.1. The summed E-state index contributed by atoms with van der Waals surface area (Å²) in [6.45, 7) is 9.93. The van der Waals surface area contributed by atoms with Crippen molar-refractivity contribution < 1.29 is 0 Å². The van der Waals surface area contributed by atoms with Gasteiger partial charge in [0.1, 0.15) is 5.84 Å².